The normalized spacial score (nSPS) is 25.1. The molecule has 2 atom stereocenters. The van der Waals surface area contributed by atoms with Crippen LogP contribution in [0.1, 0.15) is 13.3 Å². The summed E-state index contributed by atoms with van der Waals surface area (Å²) >= 11 is 0. The Morgan fingerprint density at radius 3 is 3.04 bits per heavy atom. The smallest absolute Gasteiger partial charge is 0.316 e. The molecule has 0 spiro atoms. The lowest BCUT2D eigenvalue weighted by atomic mass is 9.73. The molecule has 1 saturated heterocycles. The Labute approximate surface area is 141 Å². The second-order valence-electron chi connectivity index (χ2n) is 6.41. The summed E-state index contributed by atoms with van der Waals surface area (Å²) in [5.74, 6) is 0.0216. The average Bonchev–Trinajstić information content (AvgIpc) is 2.53. The predicted molar refractivity (Wildman–Crippen MR) is 89.8 cm³/mol. The number of hydrogen-bond donors (Lipinski definition) is 0. The Bertz CT molecular complexity index is 659. The Balaban J connectivity index is 0.00000192. The second kappa shape index (κ2) is 7.36. The second-order valence-corrected chi connectivity index (χ2v) is 6.41. The van der Waals surface area contributed by atoms with Gasteiger partial charge < -0.3 is 9.64 Å². The fraction of sp³-hybridized carbons (Fsp3) is 0.562. The number of likely N-dealkylation sites (tertiary alicyclic amines) is 1. The molecule has 0 bridgehead atoms. The molecule has 1 fully saturated rings. The first-order chi connectivity index (χ1) is 10.6. The maximum absolute atomic E-state index is 13.3. The monoisotopic (exact) mass is 340 g/mol. The van der Waals surface area contributed by atoms with Crippen molar-refractivity contribution >= 4 is 23.3 Å². The number of pyridine rings is 1. The van der Waals surface area contributed by atoms with Crippen molar-refractivity contribution in [1.82, 2.24) is 19.9 Å². The van der Waals surface area contributed by atoms with Gasteiger partial charge >= 0.3 is 6.01 Å². The highest BCUT2D eigenvalue weighted by molar-refractivity contribution is 5.85. The van der Waals surface area contributed by atoms with Crippen LogP contribution in [0, 0.1) is 11.3 Å². The molecule has 0 radical (unpaired) electrons. The summed E-state index contributed by atoms with van der Waals surface area (Å²) in [6.07, 6.45) is 5.97. The first kappa shape index (κ1) is 17.8. The lowest BCUT2D eigenvalue weighted by Crippen LogP contribution is -2.49. The number of aromatic nitrogens is 3. The number of piperidine rings is 1. The Kier molecular flexibility index (Phi) is 5.70. The molecule has 2 aromatic heterocycles. The fourth-order valence-corrected chi connectivity index (χ4v) is 3.13. The number of fused-ring (bicyclic) bond motifs is 1. The quantitative estimate of drug-likeness (QED) is 0.856. The van der Waals surface area contributed by atoms with Gasteiger partial charge in [0, 0.05) is 35.9 Å². The minimum Gasteiger partial charge on any atom is -0.463 e. The third-order valence-corrected chi connectivity index (χ3v) is 4.55. The molecule has 23 heavy (non-hydrogen) atoms. The van der Waals surface area contributed by atoms with Gasteiger partial charge in [-0.2, -0.15) is 4.98 Å². The van der Waals surface area contributed by atoms with Crippen LogP contribution in [0.15, 0.2) is 24.7 Å². The zero-order chi connectivity index (χ0) is 15.6. The topological polar surface area (TPSA) is 51.1 Å². The number of alkyl halides is 1. The molecule has 0 N–H and O–H groups in total. The van der Waals surface area contributed by atoms with E-state index in [1.165, 1.54) is 0 Å². The maximum Gasteiger partial charge on any atom is 0.316 e. The van der Waals surface area contributed by atoms with Crippen LogP contribution in [-0.4, -0.2) is 53.3 Å². The minimum absolute atomic E-state index is 0. The zero-order valence-corrected chi connectivity index (χ0v) is 14.2. The Morgan fingerprint density at radius 1 is 1.43 bits per heavy atom. The summed E-state index contributed by atoms with van der Waals surface area (Å²) in [7, 11) is 2.06. The van der Waals surface area contributed by atoms with Crippen LogP contribution < -0.4 is 4.74 Å². The Morgan fingerprint density at radius 2 is 2.26 bits per heavy atom. The Hall–Kier alpha value is -1.53. The maximum atomic E-state index is 13.3. The molecule has 0 aromatic carbocycles. The van der Waals surface area contributed by atoms with Gasteiger partial charge in [0.05, 0.1) is 18.8 Å². The van der Waals surface area contributed by atoms with Gasteiger partial charge in [0.25, 0.3) is 0 Å². The summed E-state index contributed by atoms with van der Waals surface area (Å²) in [6, 6.07) is 2.16. The van der Waals surface area contributed by atoms with Crippen LogP contribution in [0.5, 0.6) is 6.01 Å². The van der Waals surface area contributed by atoms with Crippen LogP contribution in [-0.2, 0) is 0 Å². The first-order valence-corrected chi connectivity index (χ1v) is 7.55. The molecular weight excluding hydrogens is 319 g/mol. The van der Waals surface area contributed by atoms with Gasteiger partial charge in [-0.1, -0.05) is 6.92 Å². The third kappa shape index (κ3) is 3.87. The van der Waals surface area contributed by atoms with E-state index in [2.05, 4.69) is 33.8 Å². The number of rotatable bonds is 4. The minimum atomic E-state index is -0.308. The van der Waals surface area contributed by atoms with E-state index in [1.807, 2.05) is 6.07 Å². The fourth-order valence-electron chi connectivity index (χ4n) is 3.13. The number of hydrogen-bond acceptors (Lipinski definition) is 5. The lowest BCUT2D eigenvalue weighted by molar-refractivity contribution is 0.000307. The molecule has 5 nitrogen and oxygen atoms in total. The van der Waals surface area contributed by atoms with Gasteiger partial charge in [0.2, 0.25) is 0 Å². The van der Waals surface area contributed by atoms with Crippen LogP contribution in [0.25, 0.3) is 10.9 Å². The molecule has 0 amide bonds. The van der Waals surface area contributed by atoms with Crippen LogP contribution in [0.4, 0.5) is 4.39 Å². The van der Waals surface area contributed by atoms with Crippen molar-refractivity contribution in [2.75, 3.05) is 33.4 Å². The summed E-state index contributed by atoms with van der Waals surface area (Å²) < 4.78 is 19.1. The molecule has 3 rings (SSSR count). The lowest BCUT2D eigenvalue weighted by Gasteiger charge is -2.43. The van der Waals surface area contributed by atoms with Crippen molar-refractivity contribution in [2.45, 2.75) is 13.3 Å². The van der Waals surface area contributed by atoms with E-state index in [0.717, 1.165) is 30.4 Å². The van der Waals surface area contributed by atoms with Gasteiger partial charge in [0.15, 0.2) is 0 Å². The summed E-state index contributed by atoms with van der Waals surface area (Å²) in [5.41, 5.74) is 0.575. The van der Waals surface area contributed by atoms with Crippen molar-refractivity contribution in [1.29, 1.82) is 0 Å². The largest absolute Gasteiger partial charge is 0.463 e. The molecular formula is C16H22ClFN4O. The van der Waals surface area contributed by atoms with Crippen molar-refractivity contribution in [3.05, 3.63) is 24.7 Å². The third-order valence-electron chi connectivity index (χ3n) is 4.55. The average molecular weight is 341 g/mol. The van der Waals surface area contributed by atoms with E-state index in [9.17, 15) is 4.39 Å². The predicted octanol–water partition coefficient (Wildman–Crippen LogP) is 2.75. The highest BCUT2D eigenvalue weighted by atomic mass is 35.5. The van der Waals surface area contributed by atoms with E-state index < -0.39 is 0 Å². The SMILES string of the molecule is CN1CC[C@H](CF)[C@](C)(COc2ncc3cnccc3n2)C1.Cl. The van der Waals surface area contributed by atoms with Gasteiger partial charge in [-0.15, -0.1) is 12.4 Å². The van der Waals surface area contributed by atoms with E-state index in [4.69, 9.17) is 4.74 Å². The molecule has 7 heteroatoms. The molecule has 3 heterocycles. The molecule has 1 aliphatic heterocycles. The molecule has 2 aromatic rings. The standard InChI is InChI=1S/C16H21FN4O.ClH/c1-16(10-21(2)6-4-13(16)7-17)11-22-15-19-9-12-8-18-5-3-14(12)20-15;/h3,5,8-9,13H,4,6-7,10-11H2,1-2H3;1H/t13-,16+;/m1./s1. The summed E-state index contributed by atoms with van der Waals surface area (Å²) in [6.45, 7) is 3.95. The molecule has 0 aliphatic carbocycles. The number of nitrogens with zero attached hydrogens (tertiary/aromatic N) is 4. The van der Waals surface area contributed by atoms with E-state index in [1.54, 1.807) is 18.6 Å². The molecule has 126 valence electrons. The van der Waals surface area contributed by atoms with E-state index in [-0.39, 0.29) is 30.4 Å². The number of ether oxygens (including phenoxy) is 1. The van der Waals surface area contributed by atoms with Gasteiger partial charge in [0.1, 0.15) is 0 Å². The van der Waals surface area contributed by atoms with Crippen LogP contribution in [0.3, 0.4) is 0 Å². The van der Waals surface area contributed by atoms with Crippen LogP contribution >= 0.6 is 12.4 Å². The van der Waals surface area contributed by atoms with Gasteiger partial charge in [-0.05, 0) is 32.0 Å². The van der Waals surface area contributed by atoms with E-state index >= 15 is 0 Å². The van der Waals surface area contributed by atoms with Crippen molar-refractivity contribution in [3.63, 3.8) is 0 Å². The molecule has 0 unspecified atom stereocenters. The van der Waals surface area contributed by atoms with Gasteiger partial charge in [-0.3, -0.25) is 9.37 Å². The number of halogens is 2. The van der Waals surface area contributed by atoms with Crippen LogP contribution in [0.2, 0.25) is 0 Å². The van der Waals surface area contributed by atoms with Crippen molar-refractivity contribution in [2.24, 2.45) is 11.3 Å². The molecule has 0 saturated carbocycles. The highest BCUT2D eigenvalue weighted by Crippen LogP contribution is 2.35. The van der Waals surface area contributed by atoms with Gasteiger partial charge in [-0.25, -0.2) is 4.98 Å². The van der Waals surface area contributed by atoms with Crippen molar-refractivity contribution < 1.29 is 9.13 Å². The van der Waals surface area contributed by atoms with Crippen molar-refractivity contribution in [3.8, 4) is 6.01 Å². The summed E-state index contributed by atoms with van der Waals surface area (Å²) in [5, 5.41) is 0.875. The first-order valence-electron chi connectivity index (χ1n) is 7.55. The zero-order valence-electron chi connectivity index (χ0n) is 13.4. The summed E-state index contributed by atoms with van der Waals surface area (Å²) in [4.78, 5) is 14.9. The highest BCUT2D eigenvalue weighted by Gasteiger charge is 2.39. The molecule has 1 aliphatic rings. The van der Waals surface area contributed by atoms with E-state index in [0.29, 0.717) is 12.6 Å².